The van der Waals surface area contributed by atoms with E-state index in [0.717, 1.165) is 35.3 Å². The van der Waals surface area contributed by atoms with Gasteiger partial charge in [-0.3, -0.25) is 9.59 Å². The molecule has 1 atom stereocenters. The first-order chi connectivity index (χ1) is 13.5. The molecule has 2 aromatic carbocycles. The van der Waals surface area contributed by atoms with Crippen molar-refractivity contribution in [3.8, 4) is 5.75 Å². The van der Waals surface area contributed by atoms with Crippen molar-refractivity contribution in [2.75, 3.05) is 23.8 Å². The summed E-state index contributed by atoms with van der Waals surface area (Å²) < 4.78 is 5.71. The molecule has 3 rings (SSSR count). The van der Waals surface area contributed by atoms with E-state index in [9.17, 15) is 9.59 Å². The summed E-state index contributed by atoms with van der Waals surface area (Å²) >= 11 is 0. The number of fused-ring (bicyclic) bond motifs is 1. The lowest BCUT2D eigenvalue weighted by Crippen LogP contribution is -2.39. The zero-order chi connectivity index (χ0) is 20.1. The molecular formula is C22H28ClN3O3. The molecule has 1 unspecified atom stereocenters. The van der Waals surface area contributed by atoms with Crippen LogP contribution in [-0.2, 0) is 16.0 Å². The second-order valence-corrected chi connectivity index (χ2v) is 6.92. The van der Waals surface area contributed by atoms with Crippen molar-refractivity contribution < 1.29 is 14.3 Å². The summed E-state index contributed by atoms with van der Waals surface area (Å²) in [5.41, 5.74) is 9.52. The average molecular weight is 418 g/mol. The van der Waals surface area contributed by atoms with Crippen LogP contribution in [0.1, 0.15) is 43.9 Å². The minimum Gasteiger partial charge on any atom is -0.494 e. The standard InChI is InChI=1S/C22H27N3O3.ClH/c1-3-28-21-12-5-4-8-17(21)19(24-15(2)26)14-22(27)25-13-7-9-16-18(23)10-6-11-20(16)25;/h4-6,8,10-12,19H,3,7,9,13-14,23H2,1-2H3,(H,24,26);1H. The molecule has 0 saturated carbocycles. The Kier molecular flexibility index (Phi) is 7.91. The predicted octanol–water partition coefficient (Wildman–Crippen LogP) is 3.64. The number of hydrogen-bond donors (Lipinski definition) is 2. The summed E-state index contributed by atoms with van der Waals surface area (Å²) in [5.74, 6) is 0.448. The number of carbonyl (C=O) groups is 2. The molecule has 0 saturated heterocycles. The fourth-order valence-electron chi connectivity index (χ4n) is 3.73. The van der Waals surface area contributed by atoms with Crippen LogP contribution < -0.4 is 20.7 Å². The number of anilines is 2. The number of amides is 2. The first-order valence-electron chi connectivity index (χ1n) is 9.67. The van der Waals surface area contributed by atoms with E-state index in [1.54, 1.807) is 4.90 Å². The van der Waals surface area contributed by atoms with Crippen molar-refractivity contribution in [1.82, 2.24) is 5.32 Å². The fraction of sp³-hybridized carbons (Fsp3) is 0.364. The Morgan fingerprint density at radius 3 is 2.69 bits per heavy atom. The van der Waals surface area contributed by atoms with Gasteiger partial charge in [-0.25, -0.2) is 0 Å². The molecule has 29 heavy (non-hydrogen) atoms. The molecule has 0 bridgehead atoms. The van der Waals surface area contributed by atoms with Crippen molar-refractivity contribution in [2.45, 2.75) is 39.2 Å². The van der Waals surface area contributed by atoms with Gasteiger partial charge in [0.15, 0.2) is 0 Å². The number of ether oxygens (including phenoxy) is 1. The van der Waals surface area contributed by atoms with Crippen LogP contribution in [0.5, 0.6) is 5.75 Å². The Hall–Kier alpha value is -2.73. The number of benzene rings is 2. The summed E-state index contributed by atoms with van der Waals surface area (Å²) in [4.78, 5) is 26.8. The highest BCUT2D eigenvalue weighted by Gasteiger charge is 2.28. The Balaban J connectivity index is 0.00000300. The molecule has 0 fully saturated rings. The van der Waals surface area contributed by atoms with Gasteiger partial charge in [0.1, 0.15) is 5.75 Å². The van der Waals surface area contributed by atoms with Crippen LogP contribution in [0.4, 0.5) is 11.4 Å². The second kappa shape index (κ2) is 10.2. The van der Waals surface area contributed by atoms with Crippen molar-refractivity contribution >= 4 is 35.6 Å². The fourth-order valence-corrected chi connectivity index (χ4v) is 3.73. The smallest absolute Gasteiger partial charge is 0.229 e. The summed E-state index contributed by atoms with van der Waals surface area (Å²) in [6.07, 6.45) is 1.89. The van der Waals surface area contributed by atoms with E-state index >= 15 is 0 Å². The summed E-state index contributed by atoms with van der Waals surface area (Å²) in [6.45, 7) is 4.52. The van der Waals surface area contributed by atoms with Gasteiger partial charge in [0, 0.05) is 30.4 Å². The van der Waals surface area contributed by atoms with Crippen LogP contribution in [0, 0.1) is 0 Å². The van der Waals surface area contributed by atoms with Crippen LogP contribution in [0.2, 0.25) is 0 Å². The monoisotopic (exact) mass is 417 g/mol. The number of carbonyl (C=O) groups excluding carboxylic acids is 2. The largest absolute Gasteiger partial charge is 0.494 e. The lowest BCUT2D eigenvalue weighted by Gasteiger charge is -2.32. The van der Waals surface area contributed by atoms with Crippen LogP contribution >= 0.6 is 12.4 Å². The lowest BCUT2D eigenvalue weighted by atomic mass is 9.97. The lowest BCUT2D eigenvalue weighted by molar-refractivity contribution is -0.121. The molecule has 0 aromatic heterocycles. The molecule has 1 aliphatic rings. The molecule has 3 N–H and O–H groups in total. The molecule has 2 aromatic rings. The van der Waals surface area contributed by atoms with Crippen LogP contribution in [0.25, 0.3) is 0 Å². The van der Waals surface area contributed by atoms with Crippen LogP contribution in [-0.4, -0.2) is 25.0 Å². The third kappa shape index (κ3) is 5.21. The number of halogens is 1. The molecule has 7 heteroatoms. The number of para-hydroxylation sites is 1. The average Bonchev–Trinajstić information content (AvgIpc) is 2.68. The first kappa shape index (κ1) is 22.6. The van der Waals surface area contributed by atoms with E-state index in [1.807, 2.05) is 49.4 Å². The molecular weight excluding hydrogens is 390 g/mol. The van der Waals surface area contributed by atoms with Crippen LogP contribution in [0.3, 0.4) is 0 Å². The maximum absolute atomic E-state index is 13.2. The number of nitrogen functional groups attached to an aromatic ring is 1. The zero-order valence-electron chi connectivity index (χ0n) is 16.8. The molecule has 2 amide bonds. The van der Waals surface area contributed by atoms with Gasteiger partial charge < -0.3 is 20.7 Å². The minimum atomic E-state index is -0.459. The summed E-state index contributed by atoms with van der Waals surface area (Å²) in [5, 5.41) is 2.91. The number of hydrogen-bond acceptors (Lipinski definition) is 4. The SMILES string of the molecule is CCOc1ccccc1C(CC(=O)N1CCCc2c(N)cccc21)NC(C)=O.Cl. The Morgan fingerprint density at radius 1 is 1.21 bits per heavy atom. The molecule has 1 aliphatic heterocycles. The Labute approximate surface area is 177 Å². The quantitative estimate of drug-likeness (QED) is 0.703. The second-order valence-electron chi connectivity index (χ2n) is 6.92. The highest BCUT2D eigenvalue weighted by molar-refractivity contribution is 5.96. The third-order valence-corrected chi connectivity index (χ3v) is 4.94. The highest BCUT2D eigenvalue weighted by atomic mass is 35.5. The van der Waals surface area contributed by atoms with Crippen LogP contribution in [0.15, 0.2) is 42.5 Å². The number of rotatable bonds is 6. The van der Waals surface area contributed by atoms with E-state index in [-0.39, 0.29) is 30.6 Å². The van der Waals surface area contributed by atoms with Gasteiger partial charge >= 0.3 is 0 Å². The van der Waals surface area contributed by atoms with Gasteiger partial charge in [0.05, 0.1) is 19.1 Å². The van der Waals surface area contributed by atoms with Crippen molar-refractivity contribution in [3.05, 3.63) is 53.6 Å². The van der Waals surface area contributed by atoms with Gasteiger partial charge in [-0.1, -0.05) is 24.3 Å². The Bertz CT molecular complexity index is 872. The molecule has 1 heterocycles. The maximum atomic E-state index is 13.2. The van der Waals surface area contributed by atoms with Gasteiger partial charge in [0.25, 0.3) is 0 Å². The summed E-state index contributed by atoms with van der Waals surface area (Å²) in [7, 11) is 0. The topological polar surface area (TPSA) is 84.7 Å². The van der Waals surface area contributed by atoms with Gasteiger partial charge in [-0.2, -0.15) is 0 Å². The van der Waals surface area contributed by atoms with Crippen molar-refractivity contribution in [3.63, 3.8) is 0 Å². The first-order valence-corrected chi connectivity index (χ1v) is 9.67. The molecule has 0 radical (unpaired) electrons. The zero-order valence-corrected chi connectivity index (χ0v) is 17.6. The van der Waals surface area contributed by atoms with E-state index < -0.39 is 6.04 Å². The Morgan fingerprint density at radius 2 is 1.97 bits per heavy atom. The van der Waals surface area contributed by atoms with Gasteiger partial charge in [0.2, 0.25) is 11.8 Å². The van der Waals surface area contributed by atoms with Crippen molar-refractivity contribution in [1.29, 1.82) is 0 Å². The van der Waals surface area contributed by atoms with Gasteiger partial charge in [-0.05, 0) is 43.5 Å². The predicted molar refractivity (Wildman–Crippen MR) is 118 cm³/mol. The van der Waals surface area contributed by atoms with Gasteiger partial charge in [-0.15, -0.1) is 12.4 Å². The van der Waals surface area contributed by atoms with E-state index in [2.05, 4.69) is 5.32 Å². The molecule has 6 nitrogen and oxygen atoms in total. The third-order valence-electron chi connectivity index (χ3n) is 4.94. The summed E-state index contributed by atoms with van der Waals surface area (Å²) in [6, 6.07) is 12.7. The van der Waals surface area contributed by atoms with Crippen molar-refractivity contribution in [2.24, 2.45) is 0 Å². The normalized spacial score (nSPS) is 13.7. The number of nitrogens with two attached hydrogens (primary N) is 1. The van der Waals surface area contributed by atoms with E-state index in [0.29, 0.717) is 18.9 Å². The minimum absolute atomic E-state index is 0. The van der Waals surface area contributed by atoms with E-state index in [4.69, 9.17) is 10.5 Å². The molecule has 0 aliphatic carbocycles. The maximum Gasteiger partial charge on any atom is 0.229 e. The molecule has 156 valence electrons. The highest BCUT2D eigenvalue weighted by Crippen LogP contribution is 2.33. The number of nitrogens with one attached hydrogen (secondary N) is 1. The molecule has 0 spiro atoms. The van der Waals surface area contributed by atoms with E-state index in [1.165, 1.54) is 6.92 Å². The number of nitrogens with zero attached hydrogens (tertiary/aromatic N) is 1.